The van der Waals surface area contributed by atoms with Gasteiger partial charge in [0, 0.05) is 18.8 Å². The summed E-state index contributed by atoms with van der Waals surface area (Å²) in [6, 6.07) is 8.97. The fourth-order valence-corrected chi connectivity index (χ4v) is 3.23. The molecule has 0 aliphatic rings. The van der Waals surface area contributed by atoms with Gasteiger partial charge in [0.25, 0.3) is 0 Å². The van der Waals surface area contributed by atoms with Gasteiger partial charge in [-0.05, 0) is 24.6 Å². The van der Waals surface area contributed by atoms with Crippen LogP contribution in [0.4, 0.5) is 0 Å². The monoisotopic (exact) mass is 306 g/mol. The van der Waals surface area contributed by atoms with E-state index in [0.29, 0.717) is 5.16 Å². The van der Waals surface area contributed by atoms with E-state index in [2.05, 4.69) is 46.7 Å². The second kappa shape index (κ2) is 7.47. The van der Waals surface area contributed by atoms with Crippen LogP contribution in [0.25, 0.3) is 0 Å². The standard InChI is InChI=1S/C15H22N4OS/c1-4-5-11-6-8-12(9-7-11)13(16-2)10-21-15-18-17-14(20)19(15)3/h6-9,13,16H,4-5,10H2,1-3H3,(H,17,20). The minimum atomic E-state index is -0.178. The van der Waals surface area contributed by atoms with Crippen LogP contribution in [-0.4, -0.2) is 27.6 Å². The van der Waals surface area contributed by atoms with Crippen LogP contribution in [0.2, 0.25) is 0 Å². The molecule has 1 atom stereocenters. The molecule has 0 bridgehead atoms. The number of benzene rings is 1. The van der Waals surface area contributed by atoms with Crippen LogP contribution in [0, 0.1) is 0 Å². The van der Waals surface area contributed by atoms with Crippen LogP contribution >= 0.6 is 11.8 Å². The lowest BCUT2D eigenvalue weighted by Gasteiger charge is -2.16. The molecule has 1 aromatic heterocycles. The van der Waals surface area contributed by atoms with Gasteiger partial charge in [-0.1, -0.05) is 49.4 Å². The largest absolute Gasteiger partial charge is 0.343 e. The second-order valence-corrected chi connectivity index (χ2v) is 6.00. The van der Waals surface area contributed by atoms with Crippen molar-refractivity contribution >= 4 is 11.8 Å². The molecule has 6 heteroatoms. The third kappa shape index (κ3) is 3.98. The molecule has 5 nitrogen and oxygen atoms in total. The van der Waals surface area contributed by atoms with E-state index >= 15 is 0 Å². The second-order valence-electron chi connectivity index (χ2n) is 5.01. The minimum absolute atomic E-state index is 0.178. The maximum absolute atomic E-state index is 11.3. The predicted octanol–water partition coefficient (Wildman–Crippen LogP) is 2.11. The summed E-state index contributed by atoms with van der Waals surface area (Å²) in [6.07, 6.45) is 2.28. The Labute approximate surface area is 129 Å². The molecular formula is C15H22N4OS. The molecule has 21 heavy (non-hydrogen) atoms. The van der Waals surface area contributed by atoms with Crippen molar-refractivity contribution in [3.05, 3.63) is 45.9 Å². The van der Waals surface area contributed by atoms with Crippen LogP contribution in [0.1, 0.15) is 30.5 Å². The Kier molecular flexibility index (Phi) is 5.64. The highest BCUT2D eigenvalue weighted by atomic mass is 32.2. The number of aromatic nitrogens is 3. The Morgan fingerprint density at radius 1 is 1.38 bits per heavy atom. The maximum atomic E-state index is 11.3. The van der Waals surface area contributed by atoms with Gasteiger partial charge in [0.05, 0.1) is 0 Å². The Hall–Kier alpha value is -1.53. The number of rotatable bonds is 7. The van der Waals surface area contributed by atoms with Crippen molar-refractivity contribution in [2.75, 3.05) is 12.8 Å². The third-order valence-corrected chi connectivity index (χ3v) is 4.61. The molecule has 1 unspecified atom stereocenters. The molecule has 1 heterocycles. The number of nitrogens with one attached hydrogen (secondary N) is 2. The minimum Gasteiger partial charge on any atom is -0.312 e. The first-order chi connectivity index (χ1) is 10.2. The Balaban J connectivity index is 2.02. The molecular weight excluding hydrogens is 284 g/mol. The van der Waals surface area contributed by atoms with E-state index in [9.17, 15) is 4.79 Å². The van der Waals surface area contributed by atoms with Crippen LogP contribution in [0.3, 0.4) is 0 Å². The summed E-state index contributed by atoms with van der Waals surface area (Å²) in [7, 11) is 3.68. The molecule has 0 aliphatic heterocycles. The van der Waals surface area contributed by atoms with E-state index in [1.165, 1.54) is 15.7 Å². The quantitative estimate of drug-likeness (QED) is 0.769. The summed E-state index contributed by atoms with van der Waals surface area (Å²) in [6.45, 7) is 2.19. The van der Waals surface area contributed by atoms with Crippen LogP contribution in [0.5, 0.6) is 0 Å². The molecule has 0 spiro atoms. The van der Waals surface area contributed by atoms with Crippen molar-refractivity contribution in [1.82, 2.24) is 20.1 Å². The number of H-pyrrole nitrogens is 1. The van der Waals surface area contributed by atoms with Gasteiger partial charge in [-0.15, -0.1) is 5.10 Å². The van der Waals surface area contributed by atoms with Gasteiger partial charge in [0.15, 0.2) is 5.16 Å². The number of hydrogen-bond donors (Lipinski definition) is 2. The molecule has 114 valence electrons. The molecule has 2 N–H and O–H groups in total. The normalized spacial score (nSPS) is 12.5. The van der Waals surface area contributed by atoms with Gasteiger partial charge in [-0.2, -0.15) is 0 Å². The Morgan fingerprint density at radius 3 is 2.62 bits per heavy atom. The lowest BCUT2D eigenvalue weighted by Crippen LogP contribution is -2.19. The lowest BCUT2D eigenvalue weighted by molar-refractivity contribution is 0.658. The van der Waals surface area contributed by atoms with Gasteiger partial charge in [0.2, 0.25) is 0 Å². The molecule has 0 saturated carbocycles. The average Bonchev–Trinajstić information content (AvgIpc) is 2.82. The van der Waals surface area contributed by atoms with E-state index in [0.717, 1.165) is 18.6 Å². The topological polar surface area (TPSA) is 62.7 Å². The first-order valence-electron chi connectivity index (χ1n) is 7.16. The van der Waals surface area contributed by atoms with Gasteiger partial charge in [-0.3, -0.25) is 4.57 Å². The number of nitrogens with zero attached hydrogens (tertiary/aromatic N) is 2. The summed E-state index contributed by atoms with van der Waals surface area (Å²) in [5.74, 6) is 0.821. The van der Waals surface area contributed by atoms with Crippen molar-refractivity contribution < 1.29 is 0 Å². The zero-order valence-electron chi connectivity index (χ0n) is 12.7. The highest BCUT2D eigenvalue weighted by Crippen LogP contribution is 2.22. The highest BCUT2D eigenvalue weighted by Gasteiger charge is 2.12. The van der Waals surface area contributed by atoms with Crippen molar-refractivity contribution in [3.8, 4) is 0 Å². The van der Waals surface area contributed by atoms with Crippen molar-refractivity contribution in [1.29, 1.82) is 0 Å². The van der Waals surface area contributed by atoms with E-state index in [1.807, 2.05) is 7.05 Å². The first kappa shape index (κ1) is 15.9. The Morgan fingerprint density at radius 2 is 2.10 bits per heavy atom. The highest BCUT2D eigenvalue weighted by molar-refractivity contribution is 7.99. The number of aryl methyl sites for hydroxylation is 1. The summed E-state index contributed by atoms with van der Waals surface area (Å²) >= 11 is 1.57. The fourth-order valence-electron chi connectivity index (χ4n) is 2.17. The summed E-state index contributed by atoms with van der Waals surface area (Å²) in [5, 5.41) is 10.5. The van der Waals surface area contributed by atoms with Gasteiger partial charge < -0.3 is 5.32 Å². The van der Waals surface area contributed by atoms with E-state index in [1.54, 1.807) is 18.8 Å². The van der Waals surface area contributed by atoms with Crippen LogP contribution in [0.15, 0.2) is 34.2 Å². The molecule has 0 fully saturated rings. The smallest absolute Gasteiger partial charge is 0.312 e. The van der Waals surface area contributed by atoms with E-state index in [-0.39, 0.29) is 11.7 Å². The summed E-state index contributed by atoms with van der Waals surface area (Å²) < 4.78 is 1.53. The first-order valence-corrected chi connectivity index (χ1v) is 8.14. The van der Waals surface area contributed by atoms with Crippen LogP contribution < -0.4 is 11.0 Å². The predicted molar refractivity (Wildman–Crippen MR) is 86.8 cm³/mol. The molecule has 1 aromatic carbocycles. The molecule has 2 aromatic rings. The summed E-state index contributed by atoms with van der Waals surface area (Å²) in [5.41, 5.74) is 2.45. The van der Waals surface area contributed by atoms with E-state index in [4.69, 9.17) is 0 Å². The molecule has 0 radical (unpaired) electrons. The fraction of sp³-hybridized carbons (Fsp3) is 0.467. The van der Waals surface area contributed by atoms with Crippen LogP contribution in [-0.2, 0) is 13.5 Å². The summed E-state index contributed by atoms with van der Waals surface area (Å²) in [4.78, 5) is 11.3. The zero-order valence-corrected chi connectivity index (χ0v) is 13.5. The molecule has 0 saturated heterocycles. The molecule has 2 rings (SSSR count). The SMILES string of the molecule is CCCc1ccc(C(CSc2n[nH]c(=O)n2C)NC)cc1. The lowest BCUT2D eigenvalue weighted by atomic mass is 10.0. The molecule has 0 aliphatic carbocycles. The number of thioether (sulfide) groups is 1. The van der Waals surface area contributed by atoms with Gasteiger partial charge >= 0.3 is 5.69 Å². The number of aromatic amines is 1. The van der Waals surface area contributed by atoms with Crippen molar-refractivity contribution in [2.24, 2.45) is 7.05 Å². The third-order valence-electron chi connectivity index (χ3n) is 3.49. The molecule has 0 amide bonds. The maximum Gasteiger partial charge on any atom is 0.343 e. The Bertz CT molecular complexity index is 617. The average molecular weight is 306 g/mol. The van der Waals surface area contributed by atoms with Crippen molar-refractivity contribution in [2.45, 2.75) is 31.0 Å². The van der Waals surface area contributed by atoms with Crippen molar-refractivity contribution in [3.63, 3.8) is 0 Å². The van der Waals surface area contributed by atoms with E-state index < -0.39 is 0 Å². The number of hydrogen-bond acceptors (Lipinski definition) is 4. The zero-order chi connectivity index (χ0) is 15.2. The van der Waals surface area contributed by atoms with Gasteiger partial charge in [-0.25, -0.2) is 9.89 Å². The van der Waals surface area contributed by atoms with Gasteiger partial charge in [0.1, 0.15) is 0 Å².